The van der Waals surface area contributed by atoms with Gasteiger partial charge in [-0.25, -0.2) is 0 Å². The largest absolute Gasteiger partial charge is 0.309 e. The number of halogens is 2. The summed E-state index contributed by atoms with van der Waals surface area (Å²) in [6, 6.07) is 4.41. The van der Waals surface area contributed by atoms with Crippen LogP contribution in [0.3, 0.4) is 0 Å². The summed E-state index contributed by atoms with van der Waals surface area (Å²) in [5.41, 5.74) is 2.52. The van der Waals surface area contributed by atoms with Crippen molar-refractivity contribution in [2.45, 2.75) is 37.3 Å². The van der Waals surface area contributed by atoms with Gasteiger partial charge in [0.1, 0.15) is 0 Å². The Bertz CT molecular complexity index is 409. The van der Waals surface area contributed by atoms with E-state index in [9.17, 15) is 0 Å². The van der Waals surface area contributed by atoms with Gasteiger partial charge in [0, 0.05) is 17.0 Å². The van der Waals surface area contributed by atoms with Crippen molar-refractivity contribution in [2.75, 3.05) is 6.54 Å². The fourth-order valence-corrected chi connectivity index (χ4v) is 3.86. The molecule has 1 nitrogen and oxygen atoms in total. The monoisotopic (exact) mass is 289 g/mol. The van der Waals surface area contributed by atoms with Gasteiger partial charge in [-0.2, -0.15) is 11.8 Å². The Hall–Kier alpha value is 0.110. The van der Waals surface area contributed by atoms with Crippen molar-refractivity contribution in [2.24, 2.45) is 0 Å². The number of rotatable bonds is 3. The molecule has 0 saturated heterocycles. The molecule has 94 valence electrons. The summed E-state index contributed by atoms with van der Waals surface area (Å²) in [6.45, 7) is 5.49. The molecule has 17 heavy (non-hydrogen) atoms. The lowest BCUT2D eigenvalue weighted by molar-refractivity contribution is 0.521. The van der Waals surface area contributed by atoms with Gasteiger partial charge in [0.2, 0.25) is 0 Å². The van der Waals surface area contributed by atoms with Crippen molar-refractivity contribution in [3.05, 3.63) is 33.3 Å². The van der Waals surface area contributed by atoms with Crippen LogP contribution in [0.5, 0.6) is 0 Å². The van der Waals surface area contributed by atoms with Crippen molar-refractivity contribution < 1.29 is 0 Å². The Morgan fingerprint density at radius 2 is 2.18 bits per heavy atom. The minimum absolute atomic E-state index is 0.387. The molecule has 1 aliphatic heterocycles. The SMILES string of the molecule is CCCNC1c2ccc(Cl)c(Cl)c2CSC1C. The van der Waals surface area contributed by atoms with Crippen molar-refractivity contribution in [1.29, 1.82) is 0 Å². The van der Waals surface area contributed by atoms with Crippen molar-refractivity contribution in [1.82, 2.24) is 5.32 Å². The van der Waals surface area contributed by atoms with Crippen LogP contribution in [0.2, 0.25) is 10.0 Å². The molecule has 0 aliphatic carbocycles. The van der Waals surface area contributed by atoms with E-state index in [0.29, 0.717) is 16.3 Å². The number of thioether (sulfide) groups is 1. The van der Waals surface area contributed by atoms with Crippen LogP contribution < -0.4 is 5.32 Å². The molecule has 2 unspecified atom stereocenters. The molecule has 1 aliphatic rings. The van der Waals surface area contributed by atoms with Crippen molar-refractivity contribution in [3.8, 4) is 0 Å². The first-order valence-electron chi connectivity index (χ1n) is 5.97. The Labute approximate surface area is 117 Å². The molecule has 0 aromatic heterocycles. The highest BCUT2D eigenvalue weighted by Crippen LogP contribution is 2.42. The Morgan fingerprint density at radius 3 is 2.88 bits per heavy atom. The number of hydrogen-bond acceptors (Lipinski definition) is 2. The van der Waals surface area contributed by atoms with E-state index in [0.717, 1.165) is 23.7 Å². The van der Waals surface area contributed by atoms with Crippen LogP contribution in [0.15, 0.2) is 12.1 Å². The molecule has 4 heteroatoms. The molecule has 2 rings (SSSR count). The molecular weight excluding hydrogens is 273 g/mol. The van der Waals surface area contributed by atoms with Gasteiger partial charge < -0.3 is 5.32 Å². The Kier molecular flexibility index (Phi) is 4.65. The first-order valence-corrected chi connectivity index (χ1v) is 7.77. The normalized spacial score (nSPS) is 23.5. The smallest absolute Gasteiger partial charge is 0.0636 e. The topological polar surface area (TPSA) is 12.0 Å². The van der Waals surface area contributed by atoms with E-state index in [2.05, 4.69) is 25.2 Å². The molecule has 0 radical (unpaired) electrons. The molecule has 0 spiro atoms. The maximum absolute atomic E-state index is 6.29. The minimum Gasteiger partial charge on any atom is -0.309 e. The van der Waals surface area contributed by atoms with Gasteiger partial charge in [0.15, 0.2) is 0 Å². The second-order valence-electron chi connectivity index (χ2n) is 4.38. The maximum Gasteiger partial charge on any atom is 0.0636 e. The predicted molar refractivity (Wildman–Crippen MR) is 78.3 cm³/mol. The highest BCUT2D eigenvalue weighted by molar-refractivity contribution is 7.99. The first kappa shape index (κ1) is 13.5. The summed E-state index contributed by atoms with van der Waals surface area (Å²) in [7, 11) is 0. The molecule has 0 fully saturated rings. The zero-order chi connectivity index (χ0) is 12.4. The van der Waals surface area contributed by atoms with E-state index in [1.54, 1.807) is 0 Å². The summed E-state index contributed by atoms with van der Waals surface area (Å²) in [5.74, 6) is 0.959. The van der Waals surface area contributed by atoms with E-state index in [1.165, 1.54) is 11.1 Å². The zero-order valence-corrected chi connectivity index (χ0v) is 12.4. The maximum atomic E-state index is 6.29. The summed E-state index contributed by atoms with van der Waals surface area (Å²) in [4.78, 5) is 0. The fourth-order valence-electron chi connectivity index (χ4n) is 2.19. The number of fused-ring (bicyclic) bond motifs is 1. The summed E-state index contributed by atoms with van der Waals surface area (Å²) >= 11 is 14.3. The molecule has 0 saturated carbocycles. The third kappa shape index (κ3) is 2.76. The van der Waals surface area contributed by atoms with Gasteiger partial charge >= 0.3 is 0 Å². The van der Waals surface area contributed by atoms with E-state index in [1.807, 2.05) is 17.8 Å². The fraction of sp³-hybridized carbons (Fsp3) is 0.538. The van der Waals surface area contributed by atoms with Crippen LogP contribution in [0, 0.1) is 0 Å². The zero-order valence-electron chi connectivity index (χ0n) is 10.1. The predicted octanol–water partition coefficient (Wildman–Crippen LogP) is 4.67. The minimum atomic E-state index is 0.387. The van der Waals surface area contributed by atoms with Gasteiger partial charge in [0.25, 0.3) is 0 Å². The van der Waals surface area contributed by atoms with Crippen LogP contribution in [-0.2, 0) is 5.75 Å². The molecule has 1 aromatic rings. The lowest BCUT2D eigenvalue weighted by atomic mass is 9.98. The molecule has 1 aromatic carbocycles. The molecule has 1 heterocycles. The van der Waals surface area contributed by atoms with Crippen LogP contribution in [-0.4, -0.2) is 11.8 Å². The van der Waals surface area contributed by atoms with E-state index < -0.39 is 0 Å². The second kappa shape index (κ2) is 5.83. The highest BCUT2D eigenvalue weighted by Gasteiger charge is 2.28. The van der Waals surface area contributed by atoms with E-state index >= 15 is 0 Å². The van der Waals surface area contributed by atoms with Crippen molar-refractivity contribution in [3.63, 3.8) is 0 Å². The molecule has 1 N–H and O–H groups in total. The quantitative estimate of drug-likeness (QED) is 0.868. The van der Waals surface area contributed by atoms with E-state index in [-0.39, 0.29) is 0 Å². The average Bonchev–Trinajstić information content (AvgIpc) is 2.32. The third-order valence-electron chi connectivity index (χ3n) is 3.14. The highest BCUT2D eigenvalue weighted by atomic mass is 35.5. The molecular formula is C13H17Cl2NS. The Balaban J connectivity index is 2.34. The second-order valence-corrected chi connectivity index (χ2v) is 6.53. The van der Waals surface area contributed by atoms with Crippen LogP contribution in [0.25, 0.3) is 0 Å². The van der Waals surface area contributed by atoms with Gasteiger partial charge in [-0.1, -0.05) is 43.1 Å². The van der Waals surface area contributed by atoms with Gasteiger partial charge in [0.05, 0.1) is 10.0 Å². The molecule has 2 atom stereocenters. The third-order valence-corrected chi connectivity index (χ3v) is 5.24. The average molecular weight is 290 g/mol. The number of hydrogen-bond donors (Lipinski definition) is 1. The molecule has 0 bridgehead atoms. The van der Waals surface area contributed by atoms with Crippen LogP contribution in [0.4, 0.5) is 0 Å². The van der Waals surface area contributed by atoms with Gasteiger partial charge in [-0.15, -0.1) is 0 Å². The Morgan fingerprint density at radius 1 is 1.41 bits per heavy atom. The number of benzene rings is 1. The van der Waals surface area contributed by atoms with Crippen molar-refractivity contribution >= 4 is 35.0 Å². The lowest BCUT2D eigenvalue weighted by Crippen LogP contribution is -2.32. The summed E-state index contributed by atoms with van der Waals surface area (Å²) in [5, 5.41) is 5.57. The number of nitrogens with one attached hydrogen (secondary N) is 1. The van der Waals surface area contributed by atoms with Gasteiger partial charge in [-0.3, -0.25) is 0 Å². The summed E-state index contributed by atoms with van der Waals surface area (Å²) < 4.78 is 0. The lowest BCUT2D eigenvalue weighted by Gasteiger charge is -2.32. The van der Waals surface area contributed by atoms with Gasteiger partial charge in [-0.05, 0) is 30.2 Å². The van der Waals surface area contributed by atoms with Crippen LogP contribution >= 0.6 is 35.0 Å². The summed E-state index contributed by atoms with van der Waals surface area (Å²) in [6.07, 6.45) is 1.14. The van der Waals surface area contributed by atoms with Crippen LogP contribution in [0.1, 0.15) is 37.4 Å². The van der Waals surface area contributed by atoms with E-state index in [4.69, 9.17) is 23.2 Å². The standard InChI is InChI=1S/C13H17Cl2NS/c1-3-6-16-13-8(2)17-7-10-9(13)4-5-11(14)12(10)15/h4-5,8,13,16H,3,6-7H2,1-2H3. The first-order chi connectivity index (χ1) is 8.15. The molecule has 0 amide bonds.